The summed E-state index contributed by atoms with van der Waals surface area (Å²) in [4.78, 5) is 24.6. The van der Waals surface area contributed by atoms with Crippen LogP contribution < -0.4 is 0 Å². The maximum atomic E-state index is 12.3. The minimum atomic E-state index is -0.647. The van der Waals surface area contributed by atoms with Gasteiger partial charge in [0.25, 0.3) is 0 Å². The van der Waals surface area contributed by atoms with Gasteiger partial charge in [0.15, 0.2) is 0 Å². The van der Waals surface area contributed by atoms with Crippen molar-refractivity contribution in [3.8, 4) is 0 Å². The van der Waals surface area contributed by atoms with Gasteiger partial charge in [-0.15, -0.1) is 0 Å². The highest BCUT2D eigenvalue weighted by Gasteiger charge is 2.23. The van der Waals surface area contributed by atoms with Gasteiger partial charge in [0.1, 0.15) is 0 Å². The van der Waals surface area contributed by atoms with Gasteiger partial charge in [-0.2, -0.15) is 0 Å². The lowest BCUT2D eigenvalue weighted by atomic mass is 9.99. The van der Waals surface area contributed by atoms with Crippen molar-refractivity contribution in [1.29, 1.82) is 0 Å². The lowest BCUT2D eigenvalue weighted by Gasteiger charge is -2.07. The maximum Gasteiger partial charge on any atom is 0.235 e. The SMILES string of the molecule is Cc1cccc(C(=O)C(=O)c2cccc(C)c2Cl)c1Cl. The molecule has 0 aliphatic carbocycles. The Labute approximate surface area is 127 Å². The molecule has 0 fully saturated rings. The molecule has 0 aromatic heterocycles. The Morgan fingerprint density at radius 3 is 1.45 bits per heavy atom. The van der Waals surface area contributed by atoms with E-state index in [2.05, 4.69) is 0 Å². The summed E-state index contributed by atoms with van der Waals surface area (Å²) in [5.74, 6) is -1.29. The Morgan fingerprint density at radius 1 is 0.750 bits per heavy atom. The third-order valence-electron chi connectivity index (χ3n) is 3.08. The van der Waals surface area contributed by atoms with Crippen LogP contribution in [0.2, 0.25) is 10.0 Å². The second kappa shape index (κ2) is 5.78. The third-order valence-corrected chi connectivity index (χ3v) is 4.08. The van der Waals surface area contributed by atoms with Crippen molar-refractivity contribution in [2.75, 3.05) is 0 Å². The van der Waals surface area contributed by atoms with E-state index in [1.165, 1.54) is 0 Å². The van der Waals surface area contributed by atoms with E-state index in [0.29, 0.717) is 10.0 Å². The number of benzene rings is 2. The average Bonchev–Trinajstić information content (AvgIpc) is 2.43. The summed E-state index contributed by atoms with van der Waals surface area (Å²) >= 11 is 12.2. The molecule has 0 aliphatic heterocycles. The smallest absolute Gasteiger partial charge is 0.235 e. The fourth-order valence-electron chi connectivity index (χ4n) is 1.89. The molecule has 0 heterocycles. The van der Waals surface area contributed by atoms with Crippen LogP contribution in [0.4, 0.5) is 0 Å². The van der Waals surface area contributed by atoms with Gasteiger partial charge in [-0.25, -0.2) is 0 Å². The average molecular weight is 307 g/mol. The molecular weight excluding hydrogens is 295 g/mol. The molecule has 0 saturated heterocycles. The van der Waals surface area contributed by atoms with Crippen LogP contribution >= 0.6 is 23.2 Å². The first-order valence-corrected chi connectivity index (χ1v) is 6.78. The van der Waals surface area contributed by atoms with E-state index in [1.807, 2.05) is 0 Å². The number of Topliss-reactive ketones (excluding diaryl/α,β-unsaturated/α-hetero) is 2. The van der Waals surface area contributed by atoms with Gasteiger partial charge in [0, 0.05) is 11.1 Å². The zero-order chi connectivity index (χ0) is 14.9. The van der Waals surface area contributed by atoms with Crippen LogP contribution in [0.5, 0.6) is 0 Å². The van der Waals surface area contributed by atoms with Crippen LogP contribution in [-0.4, -0.2) is 11.6 Å². The number of ketones is 2. The fourth-order valence-corrected chi connectivity index (χ4v) is 2.31. The number of rotatable bonds is 3. The molecule has 2 rings (SSSR count). The largest absolute Gasteiger partial charge is 0.285 e. The number of carbonyl (C=O) groups excluding carboxylic acids is 2. The van der Waals surface area contributed by atoms with Crippen molar-refractivity contribution >= 4 is 34.8 Å². The van der Waals surface area contributed by atoms with Crippen molar-refractivity contribution in [3.63, 3.8) is 0 Å². The van der Waals surface area contributed by atoms with E-state index in [-0.39, 0.29) is 11.1 Å². The van der Waals surface area contributed by atoms with Gasteiger partial charge in [-0.3, -0.25) is 9.59 Å². The van der Waals surface area contributed by atoms with Crippen molar-refractivity contribution in [2.45, 2.75) is 13.8 Å². The minimum absolute atomic E-state index is 0.203. The van der Waals surface area contributed by atoms with Gasteiger partial charge >= 0.3 is 0 Å². The lowest BCUT2D eigenvalue weighted by molar-refractivity contribution is 0.0817. The van der Waals surface area contributed by atoms with Gasteiger partial charge in [-0.1, -0.05) is 47.5 Å². The number of hydrogen-bond acceptors (Lipinski definition) is 2. The summed E-state index contributed by atoms with van der Waals surface area (Å²) < 4.78 is 0. The molecule has 0 amide bonds. The van der Waals surface area contributed by atoms with E-state index >= 15 is 0 Å². The number of aryl methyl sites for hydroxylation is 2. The van der Waals surface area contributed by atoms with Gasteiger partial charge in [-0.05, 0) is 37.1 Å². The quantitative estimate of drug-likeness (QED) is 0.609. The van der Waals surface area contributed by atoms with E-state index in [0.717, 1.165) is 11.1 Å². The molecular formula is C16H12Cl2O2. The van der Waals surface area contributed by atoms with Gasteiger partial charge in [0.2, 0.25) is 11.6 Å². The van der Waals surface area contributed by atoms with Gasteiger partial charge < -0.3 is 0 Å². The summed E-state index contributed by atoms with van der Waals surface area (Å²) in [5, 5.41) is 0.601. The molecule has 4 heteroatoms. The maximum absolute atomic E-state index is 12.3. The number of hydrogen-bond donors (Lipinski definition) is 0. The summed E-state index contributed by atoms with van der Waals surface area (Å²) in [5.41, 5.74) is 1.91. The Hall–Kier alpha value is -1.64. The Kier molecular flexibility index (Phi) is 4.26. The molecule has 0 aliphatic rings. The second-order valence-electron chi connectivity index (χ2n) is 4.53. The first kappa shape index (κ1) is 14.8. The van der Waals surface area contributed by atoms with Crippen molar-refractivity contribution < 1.29 is 9.59 Å². The lowest BCUT2D eigenvalue weighted by Crippen LogP contribution is -2.16. The first-order valence-electron chi connectivity index (χ1n) is 6.02. The highest BCUT2D eigenvalue weighted by molar-refractivity contribution is 6.54. The molecule has 2 aromatic rings. The van der Waals surface area contributed by atoms with Crippen molar-refractivity contribution in [2.24, 2.45) is 0 Å². The molecule has 2 aromatic carbocycles. The minimum Gasteiger partial charge on any atom is -0.285 e. The molecule has 0 spiro atoms. The third kappa shape index (κ3) is 2.62. The molecule has 102 valence electrons. The molecule has 0 saturated carbocycles. The normalized spacial score (nSPS) is 10.4. The molecule has 0 atom stereocenters. The summed E-state index contributed by atoms with van der Waals surface area (Å²) in [6.07, 6.45) is 0. The van der Waals surface area contributed by atoms with Crippen LogP contribution in [0.25, 0.3) is 0 Å². The Balaban J connectivity index is 2.46. The van der Waals surface area contributed by atoms with Gasteiger partial charge in [0.05, 0.1) is 10.0 Å². The van der Waals surface area contributed by atoms with Crippen LogP contribution in [0.15, 0.2) is 36.4 Å². The second-order valence-corrected chi connectivity index (χ2v) is 5.29. The highest BCUT2D eigenvalue weighted by Crippen LogP contribution is 2.25. The summed E-state index contributed by atoms with van der Waals surface area (Å²) in [7, 11) is 0. The molecule has 0 unspecified atom stereocenters. The Bertz CT molecular complexity index is 644. The first-order chi connectivity index (χ1) is 9.43. The van der Waals surface area contributed by atoms with E-state index in [4.69, 9.17) is 23.2 Å². The van der Waals surface area contributed by atoms with Crippen LogP contribution in [0.1, 0.15) is 31.8 Å². The standard InChI is InChI=1S/C16H12Cl2O2/c1-9-5-3-7-11(13(9)17)15(19)16(20)12-8-4-6-10(2)14(12)18/h3-8H,1-2H3. The predicted octanol–water partition coefficient (Wildman–Crippen LogP) is 4.68. The predicted molar refractivity (Wildman–Crippen MR) is 81.0 cm³/mol. The van der Waals surface area contributed by atoms with Crippen LogP contribution in [0.3, 0.4) is 0 Å². The van der Waals surface area contributed by atoms with Crippen LogP contribution in [0, 0.1) is 13.8 Å². The molecule has 0 N–H and O–H groups in total. The van der Waals surface area contributed by atoms with Crippen molar-refractivity contribution in [3.05, 3.63) is 68.7 Å². The fraction of sp³-hybridized carbons (Fsp3) is 0.125. The van der Waals surface area contributed by atoms with E-state index in [1.54, 1.807) is 50.2 Å². The number of halogens is 2. The summed E-state index contributed by atoms with van der Waals surface area (Å²) in [6, 6.07) is 10.0. The van der Waals surface area contributed by atoms with E-state index < -0.39 is 11.6 Å². The molecule has 0 bridgehead atoms. The zero-order valence-electron chi connectivity index (χ0n) is 11.0. The molecule has 2 nitrogen and oxygen atoms in total. The number of carbonyl (C=O) groups is 2. The van der Waals surface area contributed by atoms with E-state index in [9.17, 15) is 9.59 Å². The molecule has 20 heavy (non-hydrogen) atoms. The summed E-state index contributed by atoms with van der Waals surface area (Å²) in [6.45, 7) is 3.56. The highest BCUT2D eigenvalue weighted by atomic mass is 35.5. The molecule has 0 radical (unpaired) electrons. The zero-order valence-corrected chi connectivity index (χ0v) is 12.5. The van der Waals surface area contributed by atoms with Crippen LogP contribution in [-0.2, 0) is 0 Å². The topological polar surface area (TPSA) is 34.1 Å². The Morgan fingerprint density at radius 2 is 1.10 bits per heavy atom. The van der Waals surface area contributed by atoms with Crippen molar-refractivity contribution in [1.82, 2.24) is 0 Å². The monoisotopic (exact) mass is 306 g/mol.